The van der Waals surface area contributed by atoms with Crippen LogP contribution in [-0.2, 0) is 0 Å². The van der Waals surface area contributed by atoms with Gasteiger partial charge in [0.2, 0.25) is 0 Å². The average molecular weight is 343 g/mol. The second-order valence-electron chi connectivity index (χ2n) is 7.07. The summed E-state index contributed by atoms with van der Waals surface area (Å²) in [6, 6.07) is 32.7. The maximum absolute atomic E-state index is 2.35. The molecule has 2 heterocycles. The van der Waals surface area contributed by atoms with Crippen molar-refractivity contribution >= 4 is 33.3 Å². The van der Waals surface area contributed by atoms with Crippen LogP contribution in [0.15, 0.2) is 97.2 Å². The third-order valence-electron chi connectivity index (χ3n) is 5.58. The lowest BCUT2D eigenvalue weighted by Gasteiger charge is -2.12. The molecule has 6 rings (SSSR count). The number of rotatable bonds is 1. The minimum atomic E-state index is 1.23. The summed E-state index contributed by atoms with van der Waals surface area (Å²) in [5, 5.41) is 3.84. The largest absolute Gasteiger partial charge is 0.315 e. The zero-order valence-corrected chi connectivity index (χ0v) is 14.8. The van der Waals surface area contributed by atoms with E-state index in [1.807, 2.05) is 0 Å². The van der Waals surface area contributed by atoms with Crippen LogP contribution >= 0.6 is 0 Å². The fraction of sp³-hybridized carbons (Fsp3) is 0. The molecule has 0 unspecified atom stereocenters. The van der Waals surface area contributed by atoms with Crippen LogP contribution in [0.2, 0.25) is 0 Å². The van der Waals surface area contributed by atoms with Crippen LogP contribution in [0.3, 0.4) is 0 Å². The van der Waals surface area contributed by atoms with E-state index in [0.29, 0.717) is 0 Å². The lowest BCUT2D eigenvalue weighted by Crippen LogP contribution is -1.94. The lowest BCUT2D eigenvalue weighted by atomic mass is 9.91. The Labute approximate surface area is 157 Å². The first-order chi connectivity index (χ1) is 13.4. The Hall–Kier alpha value is -3.58. The molecular weight excluding hydrogens is 326 g/mol. The van der Waals surface area contributed by atoms with Crippen LogP contribution in [0.1, 0.15) is 16.7 Å². The van der Waals surface area contributed by atoms with Gasteiger partial charge in [0.15, 0.2) is 0 Å². The predicted molar refractivity (Wildman–Crippen MR) is 114 cm³/mol. The first kappa shape index (κ1) is 14.6. The normalized spacial score (nSPS) is 12.7. The van der Waals surface area contributed by atoms with E-state index in [9.17, 15) is 0 Å². The Bertz CT molecular complexity index is 1360. The quantitative estimate of drug-likeness (QED) is 0.313. The molecule has 0 saturated heterocycles. The highest BCUT2D eigenvalue weighted by Gasteiger charge is 2.19. The van der Waals surface area contributed by atoms with Gasteiger partial charge in [0.1, 0.15) is 0 Å². The van der Waals surface area contributed by atoms with Gasteiger partial charge >= 0.3 is 0 Å². The number of para-hydroxylation sites is 2. The summed E-state index contributed by atoms with van der Waals surface area (Å²) in [5.41, 5.74) is 7.60. The molecule has 126 valence electrons. The molecular formula is C26H17N. The van der Waals surface area contributed by atoms with Gasteiger partial charge in [-0.3, -0.25) is 0 Å². The lowest BCUT2D eigenvalue weighted by molar-refractivity contribution is 1.12. The maximum Gasteiger partial charge on any atom is 0.0607 e. The zero-order valence-electron chi connectivity index (χ0n) is 14.8. The Morgan fingerprint density at radius 3 is 2.26 bits per heavy atom. The third-order valence-corrected chi connectivity index (χ3v) is 5.58. The topological polar surface area (TPSA) is 4.93 Å². The second-order valence-corrected chi connectivity index (χ2v) is 7.07. The van der Waals surface area contributed by atoms with Gasteiger partial charge in [-0.1, -0.05) is 78.9 Å². The molecule has 1 heteroatoms. The molecule has 0 amide bonds. The number of aromatic nitrogens is 1. The number of fused-ring (bicyclic) bond motifs is 3. The van der Waals surface area contributed by atoms with Gasteiger partial charge in [-0.25, -0.2) is 0 Å². The van der Waals surface area contributed by atoms with Crippen molar-refractivity contribution in [1.82, 2.24) is 4.57 Å². The van der Waals surface area contributed by atoms with Crippen LogP contribution < -0.4 is 0 Å². The molecule has 1 nitrogen and oxygen atoms in total. The van der Waals surface area contributed by atoms with Gasteiger partial charge in [0.25, 0.3) is 0 Å². The highest BCUT2D eigenvalue weighted by Crippen LogP contribution is 2.39. The van der Waals surface area contributed by atoms with Crippen molar-refractivity contribution in [2.45, 2.75) is 0 Å². The number of benzene rings is 4. The average Bonchev–Trinajstić information content (AvgIpc) is 3.10. The summed E-state index contributed by atoms with van der Waals surface area (Å²) in [6.45, 7) is 0. The van der Waals surface area contributed by atoms with Gasteiger partial charge in [-0.15, -0.1) is 0 Å². The molecule has 0 radical (unpaired) electrons. The molecule has 0 atom stereocenters. The molecule has 0 saturated carbocycles. The summed E-state index contributed by atoms with van der Waals surface area (Å²) < 4.78 is 2.33. The van der Waals surface area contributed by atoms with E-state index in [4.69, 9.17) is 0 Å². The van der Waals surface area contributed by atoms with Gasteiger partial charge in [-0.2, -0.15) is 0 Å². The molecule has 0 bridgehead atoms. The van der Waals surface area contributed by atoms with E-state index in [1.165, 1.54) is 49.6 Å². The van der Waals surface area contributed by atoms with Crippen LogP contribution in [0, 0.1) is 0 Å². The number of hydrogen-bond acceptors (Lipinski definition) is 0. The van der Waals surface area contributed by atoms with E-state index in [1.54, 1.807) is 0 Å². The first-order valence-electron chi connectivity index (χ1n) is 9.30. The predicted octanol–water partition coefficient (Wildman–Crippen LogP) is 6.69. The molecule has 0 spiro atoms. The second kappa shape index (κ2) is 5.46. The van der Waals surface area contributed by atoms with Gasteiger partial charge in [0.05, 0.1) is 11.2 Å². The molecule has 1 aliphatic rings. The molecule has 5 aromatic rings. The van der Waals surface area contributed by atoms with Gasteiger partial charge < -0.3 is 4.57 Å². The molecule has 0 fully saturated rings. The third kappa shape index (κ3) is 2.06. The van der Waals surface area contributed by atoms with Crippen molar-refractivity contribution in [3.63, 3.8) is 0 Å². The van der Waals surface area contributed by atoms with E-state index in [-0.39, 0.29) is 0 Å². The van der Waals surface area contributed by atoms with Gasteiger partial charge in [0, 0.05) is 17.1 Å². The van der Waals surface area contributed by atoms with Crippen molar-refractivity contribution in [2.24, 2.45) is 0 Å². The monoisotopic (exact) mass is 343 g/mol. The van der Waals surface area contributed by atoms with Crippen molar-refractivity contribution in [3.8, 4) is 5.69 Å². The standard InChI is InChI=1S/C26H17N/c1-3-11-21-18(7-1)9-5-12-22(21)24-17-20-8-2-4-14-25(20)27-16-15-19-10-6-13-23(24)26(19)27/h1-17H. The Balaban J connectivity index is 1.79. The summed E-state index contributed by atoms with van der Waals surface area (Å²) in [7, 11) is 0. The fourth-order valence-electron chi connectivity index (χ4n) is 4.36. The Morgan fingerprint density at radius 1 is 0.556 bits per heavy atom. The highest BCUT2D eigenvalue weighted by molar-refractivity contribution is 6.09. The summed E-state index contributed by atoms with van der Waals surface area (Å²) >= 11 is 0. The Kier molecular flexibility index (Phi) is 2.95. The zero-order chi connectivity index (χ0) is 17.8. The van der Waals surface area contributed by atoms with Crippen molar-refractivity contribution in [1.29, 1.82) is 0 Å². The molecule has 1 aliphatic heterocycles. The molecule has 0 aliphatic carbocycles. The smallest absolute Gasteiger partial charge is 0.0607 e. The highest BCUT2D eigenvalue weighted by atomic mass is 15.0. The fourth-order valence-corrected chi connectivity index (χ4v) is 4.36. The minimum absolute atomic E-state index is 1.23. The molecule has 27 heavy (non-hydrogen) atoms. The number of hydrogen-bond donors (Lipinski definition) is 0. The van der Waals surface area contributed by atoms with Crippen LogP contribution in [0.5, 0.6) is 0 Å². The van der Waals surface area contributed by atoms with E-state index in [0.717, 1.165) is 0 Å². The van der Waals surface area contributed by atoms with Gasteiger partial charge in [-0.05, 0) is 45.7 Å². The first-order valence-corrected chi connectivity index (χ1v) is 9.30. The van der Waals surface area contributed by atoms with E-state index in [2.05, 4.69) is 108 Å². The number of nitrogens with zero attached hydrogens (tertiary/aromatic N) is 1. The molecule has 4 aromatic carbocycles. The van der Waals surface area contributed by atoms with E-state index >= 15 is 0 Å². The van der Waals surface area contributed by atoms with E-state index < -0.39 is 0 Å². The summed E-state index contributed by atoms with van der Waals surface area (Å²) in [6.07, 6.45) is 4.53. The molecule has 1 aromatic heterocycles. The SMILES string of the molecule is C1=C(c2cccc3ccccc23)c2cccc3ccn(c23)-c2ccccc21. The van der Waals surface area contributed by atoms with Crippen molar-refractivity contribution < 1.29 is 0 Å². The minimum Gasteiger partial charge on any atom is -0.315 e. The Morgan fingerprint density at radius 2 is 1.30 bits per heavy atom. The maximum atomic E-state index is 2.35. The molecule has 0 N–H and O–H groups in total. The van der Waals surface area contributed by atoms with Crippen LogP contribution in [-0.4, -0.2) is 4.57 Å². The van der Waals surface area contributed by atoms with Crippen molar-refractivity contribution in [2.75, 3.05) is 0 Å². The summed E-state index contributed by atoms with van der Waals surface area (Å²) in [5.74, 6) is 0. The van der Waals surface area contributed by atoms with Crippen LogP contribution in [0.4, 0.5) is 0 Å². The summed E-state index contributed by atoms with van der Waals surface area (Å²) in [4.78, 5) is 0. The van der Waals surface area contributed by atoms with Crippen LogP contribution in [0.25, 0.3) is 39.0 Å². The van der Waals surface area contributed by atoms with Crippen molar-refractivity contribution in [3.05, 3.63) is 114 Å².